The van der Waals surface area contributed by atoms with Crippen LogP contribution in [0.2, 0.25) is 0 Å². The number of hydrogen-bond acceptors (Lipinski definition) is 6. The van der Waals surface area contributed by atoms with Gasteiger partial charge in [0.25, 0.3) is 0 Å². The summed E-state index contributed by atoms with van der Waals surface area (Å²) in [5, 5.41) is 42.4. The molecule has 1 aliphatic rings. The van der Waals surface area contributed by atoms with Gasteiger partial charge in [-0.05, 0) is 44.4 Å². The molecule has 1 saturated heterocycles. The molecular formula is C32H54O6. The third-order valence-electron chi connectivity index (χ3n) is 8.14. The first-order valence-corrected chi connectivity index (χ1v) is 14.3. The van der Waals surface area contributed by atoms with Crippen LogP contribution in [0.4, 0.5) is 0 Å². The Morgan fingerprint density at radius 1 is 0.974 bits per heavy atom. The molecule has 0 aromatic carbocycles. The second kappa shape index (κ2) is 16.4. The summed E-state index contributed by atoms with van der Waals surface area (Å²) in [5.41, 5.74) is 1.13. The molecule has 6 nitrogen and oxygen atoms in total. The van der Waals surface area contributed by atoms with E-state index in [2.05, 4.69) is 39.5 Å². The summed E-state index contributed by atoms with van der Waals surface area (Å²) in [5.74, 6) is -0.917. The molecule has 0 saturated carbocycles. The topological polar surface area (TPSA) is 107 Å². The lowest BCUT2D eigenvalue weighted by Crippen LogP contribution is -2.47. The Kier molecular flexibility index (Phi) is 14.8. The van der Waals surface area contributed by atoms with Gasteiger partial charge in [-0.25, -0.2) is 0 Å². The highest BCUT2D eigenvalue weighted by Gasteiger charge is 2.40. The standard InChI is InChI=1S/C32H54O6/c1-10-11-12-19(2)15-22(5)30(35)24(7)17-20(3)16-23(6)29(34)21(4)13-14-27(33)18-28-25(8)31(36)26(9)32(37)38-28/h10-14,16,19,21-31,33-36H,1,15,17-18H2,2-9H3. The number of aliphatic hydroxyl groups excluding tert-OH is 4. The van der Waals surface area contributed by atoms with Gasteiger partial charge in [0, 0.05) is 24.2 Å². The summed E-state index contributed by atoms with van der Waals surface area (Å²) in [4.78, 5) is 11.9. The van der Waals surface area contributed by atoms with Crippen LogP contribution in [0.3, 0.4) is 0 Å². The molecular weight excluding hydrogens is 480 g/mol. The van der Waals surface area contributed by atoms with Crippen LogP contribution < -0.4 is 0 Å². The van der Waals surface area contributed by atoms with Gasteiger partial charge in [0.1, 0.15) is 6.10 Å². The lowest BCUT2D eigenvalue weighted by atomic mass is 9.83. The van der Waals surface area contributed by atoms with Gasteiger partial charge in [-0.1, -0.05) is 90.2 Å². The third kappa shape index (κ3) is 10.8. The highest BCUT2D eigenvalue weighted by molar-refractivity contribution is 5.73. The minimum atomic E-state index is -0.850. The van der Waals surface area contributed by atoms with E-state index >= 15 is 0 Å². The van der Waals surface area contributed by atoms with Crippen molar-refractivity contribution in [3.05, 3.63) is 48.6 Å². The zero-order valence-corrected chi connectivity index (χ0v) is 24.8. The quantitative estimate of drug-likeness (QED) is 0.130. The van der Waals surface area contributed by atoms with E-state index in [1.807, 2.05) is 33.8 Å². The summed E-state index contributed by atoms with van der Waals surface area (Å²) < 4.78 is 5.41. The molecule has 12 atom stereocenters. The summed E-state index contributed by atoms with van der Waals surface area (Å²) in [6.07, 6.45) is 9.95. The Balaban J connectivity index is 2.62. The van der Waals surface area contributed by atoms with Crippen LogP contribution in [0.25, 0.3) is 0 Å². The number of carbonyl (C=O) groups excluding carboxylic acids is 1. The van der Waals surface area contributed by atoms with Crippen LogP contribution in [-0.2, 0) is 9.53 Å². The average molecular weight is 535 g/mol. The first-order valence-electron chi connectivity index (χ1n) is 14.3. The van der Waals surface area contributed by atoms with E-state index in [0.717, 1.165) is 18.4 Å². The van der Waals surface area contributed by atoms with Crippen LogP contribution in [-0.4, -0.2) is 56.9 Å². The minimum Gasteiger partial charge on any atom is -0.462 e. The first kappa shape index (κ1) is 34.3. The summed E-state index contributed by atoms with van der Waals surface area (Å²) in [6, 6.07) is 0. The lowest BCUT2D eigenvalue weighted by Gasteiger charge is -2.36. The lowest BCUT2D eigenvalue weighted by molar-refractivity contribution is -0.179. The van der Waals surface area contributed by atoms with E-state index < -0.39 is 42.4 Å². The molecule has 1 rings (SSSR count). The Morgan fingerprint density at radius 3 is 2.21 bits per heavy atom. The van der Waals surface area contributed by atoms with Gasteiger partial charge in [-0.3, -0.25) is 4.79 Å². The summed E-state index contributed by atoms with van der Waals surface area (Å²) >= 11 is 0. The van der Waals surface area contributed by atoms with Crippen molar-refractivity contribution in [2.45, 2.75) is 105 Å². The highest BCUT2D eigenvalue weighted by Crippen LogP contribution is 2.30. The van der Waals surface area contributed by atoms with Crippen LogP contribution in [0.15, 0.2) is 48.6 Å². The van der Waals surface area contributed by atoms with Gasteiger partial charge in [0.05, 0.1) is 30.3 Å². The maximum atomic E-state index is 11.9. The number of carbonyl (C=O) groups is 1. The molecule has 1 fully saturated rings. The fraction of sp³-hybridized carbons (Fsp3) is 0.719. The zero-order chi connectivity index (χ0) is 29.2. The van der Waals surface area contributed by atoms with E-state index in [1.54, 1.807) is 25.2 Å². The average Bonchev–Trinajstić information content (AvgIpc) is 2.86. The molecule has 0 amide bonds. The smallest absolute Gasteiger partial charge is 0.311 e. The predicted octanol–water partition coefficient (Wildman–Crippen LogP) is 5.22. The van der Waals surface area contributed by atoms with Crippen LogP contribution >= 0.6 is 0 Å². The molecule has 0 aromatic rings. The number of aliphatic hydroxyl groups is 4. The number of cyclic esters (lactones) is 1. The summed E-state index contributed by atoms with van der Waals surface area (Å²) in [7, 11) is 0. The van der Waals surface area contributed by atoms with E-state index in [1.165, 1.54) is 0 Å². The van der Waals surface area contributed by atoms with Crippen molar-refractivity contribution in [2.75, 3.05) is 0 Å². The largest absolute Gasteiger partial charge is 0.462 e. The van der Waals surface area contributed by atoms with Gasteiger partial charge in [-0.15, -0.1) is 0 Å². The Bertz CT molecular complexity index is 817. The van der Waals surface area contributed by atoms with Crippen molar-refractivity contribution < 1.29 is 30.0 Å². The molecule has 1 heterocycles. The van der Waals surface area contributed by atoms with Gasteiger partial charge in [-0.2, -0.15) is 0 Å². The molecule has 0 spiro atoms. The SMILES string of the molecule is C=CC=CC(C)CC(C)C(O)C(C)CC(C)=CC(C)C(O)C(C)C=CC(O)CC1OC(=O)C(C)C(O)C1C. The van der Waals surface area contributed by atoms with Crippen LogP contribution in [0, 0.1) is 41.4 Å². The first-order chi connectivity index (χ1) is 17.7. The maximum absolute atomic E-state index is 11.9. The van der Waals surface area contributed by atoms with Crippen LogP contribution in [0.1, 0.15) is 74.7 Å². The predicted molar refractivity (Wildman–Crippen MR) is 154 cm³/mol. The molecule has 38 heavy (non-hydrogen) atoms. The van der Waals surface area contributed by atoms with Gasteiger partial charge < -0.3 is 25.2 Å². The van der Waals surface area contributed by atoms with Crippen molar-refractivity contribution in [2.24, 2.45) is 41.4 Å². The molecule has 0 radical (unpaired) electrons. The van der Waals surface area contributed by atoms with E-state index in [0.29, 0.717) is 5.92 Å². The van der Waals surface area contributed by atoms with E-state index in [9.17, 15) is 25.2 Å². The number of ether oxygens (including phenoxy) is 1. The summed E-state index contributed by atoms with van der Waals surface area (Å²) in [6.45, 7) is 19.4. The molecule has 1 aliphatic heterocycles. The third-order valence-corrected chi connectivity index (χ3v) is 8.14. The van der Waals surface area contributed by atoms with Crippen LogP contribution in [0.5, 0.6) is 0 Å². The van der Waals surface area contributed by atoms with E-state index in [-0.39, 0.29) is 36.0 Å². The molecule has 6 heteroatoms. The second-order valence-corrected chi connectivity index (χ2v) is 12.0. The Morgan fingerprint density at radius 2 is 1.61 bits per heavy atom. The molecule has 4 N–H and O–H groups in total. The van der Waals surface area contributed by atoms with Crippen molar-refractivity contribution in [3.63, 3.8) is 0 Å². The molecule has 0 aromatic heterocycles. The molecule has 0 aliphatic carbocycles. The number of esters is 1. The van der Waals surface area contributed by atoms with Crippen molar-refractivity contribution in [3.8, 4) is 0 Å². The van der Waals surface area contributed by atoms with E-state index in [4.69, 9.17) is 4.74 Å². The number of hydrogen-bond donors (Lipinski definition) is 4. The van der Waals surface area contributed by atoms with Crippen molar-refractivity contribution >= 4 is 5.97 Å². The fourth-order valence-corrected chi connectivity index (χ4v) is 5.53. The Hall–Kier alpha value is -1.73. The molecule has 12 unspecified atom stereocenters. The van der Waals surface area contributed by atoms with Crippen molar-refractivity contribution in [1.82, 2.24) is 0 Å². The monoisotopic (exact) mass is 534 g/mol. The number of rotatable bonds is 15. The fourth-order valence-electron chi connectivity index (χ4n) is 5.53. The zero-order valence-electron chi connectivity index (χ0n) is 24.8. The van der Waals surface area contributed by atoms with Crippen molar-refractivity contribution in [1.29, 1.82) is 0 Å². The second-order valence-electron chi connectivity index (χ2n) is 12.0. The Labute approximate surface area is 231 Å². The highest BCUT2D eigenvalue weighted by atomic mass is 16.5. The minimum absolute atomic E-state index is 0.103. The normalized spacial score (nSPS) is 29.4. The van der Waals surface area contributed by atoms with Gasteiger partial charge in [0.2, 0.25) is 0 Å². The van der Waals surface area contributed by atoms with Gasteiger partial charge in [0.15, 0.2) is 0 Å². The molecule has 218 valence electrons. The number of allylic oxidation sites excluding steroid dienone is 4. The maximum Gasteiger partial charge on any atom is 0.311 e. The van der Waals surface area contributed by atoms with Gasteiger partial charge >= 0.3 is 5.97 Å². The molecule has 0 bridgehead atoms.